The number of methoxy groups -OCH3 is 1. The van der Waals surface area contributed by atoms with Crippen molar-refractivity contribution in [3.8, 4) is 17.0 Å². The Labute approximate surface area is 406 Å². The van der Waals surface area contributed by atoms with Crippen molar-refractivity contribution < 1.29 is 4.74 Å². The van der Waals surface area contributed by atoms with Crippen molar-refractivity contribution in [2.24, 2.45) is 0 Å². The first-order valence-corrected chi connectivity index (χ1v) is 23.5. The van der Waals surface area contributed by atoms with Crippen LogP contribution in [0.3, 0.4) is 0 Å². The number of hydrogen-bond acceptors (Lipinski definition) is 3. The average Bonchev–Trinajstić information content (AvgIpc) is 3.41. The Morgan fingerprint density at radius 1 is 0.406 bits per heavy atom. The van der Waals surface area contributed by atoms with Gasteiger partial charge >= 0.3 is 0 Å². The van der Waals surface area contributed by atoms with E-state index in [-0.39, 0.29) is 0 Å². The van der Waals surface area contributed by atoms with Crippen LogP contribution in [0.25, 0.3) is 44.8 Å². The third-order valence-corrected chi connectivity index (χ3v) is 12.7. The number of allylic oxidation sites excluding steroid dienone is 2. The zero-order chi connectivity index (χ0) is 46.9. The standard InChI is InChI=1S/C66H52N2O/c1-47-26-28-53(29-27-47)64(54-34-41-59(69-3)42-35-54)46-56-36-45-66(63-24-14-13-23-62(56)63)68(58-39-32-55(33-40-58)65-25-15-16-48(2)67-65)57-37-30-52(31-38-57)61(51-21-11-6-12-22-51)44-43-60(49-17-7-4-8-18-49)50-19-9-5-10-20-50/h4-46H,1-3H3. The molecule has 9 aromatic carbocycles. The fraction of sp³-hybridized carbons (Fsp3) is 0.0455. The SMILES string of the molecule is COc1ccc(C(=Cc2ccc(N(c3ccc(C(=CC=C(c4ccccc4)c4ccccc4)c4ccccc4)cc3)c3ccc(-c4cccc(C)n4)cc3)c3ccccc23)c2ccc(C)cc2)cc1. The van der Waals surface area contributed by atoms with Crippen LogP contribution in [0.2, 0.25) is 0 Å². The Hall–Kier alpha value is -8.79. The van der Waals surface area contributed by atoms with Crippen LogP contribution in [0.15, 0.2) is 255 Å². The summed E-state index contributed by atoms with van der Waals surface area (Å²) in [4.78, 5) is 7.22. The largest absolute Gasteiger partial charge is 0.497 e. The molecule has 0 saturated heterocycles. The number of aryl methyl sites for hydroxylation is 2. The molecule has 332 valence electrons. The van der Waals surface area contributed by atoms with Gasteiger partial charge in [-0.25, -0.2) is 0 Å². The summed E-state index contributed by atoms with van der Waals surface area (Å²) in [5.41, 5.74) is 18.9. The van der Waals surface area contributed by atoms with Crippen LogP contribution in [0.4, 0.5) is 17.1 Å². The molecule has 3 nitrogen and oxygen atoms in total. The molecule has 1 aromatic heterocycles. The zero-order valence-electron chi connectivity index (χ0n) is 39.1. The Bertz CT molecular complexity index is 3390. The van der Waals surface area contributed by atoms with Crippen LogP contribution in [0, 0.1) is 13.8 Å². The van der Waals surface area contributed by atoms with E-state index in [1.165, 1.54) is 16.7 Å². The van der Waals surface area contributed by atoms with Gasteiger partial charge in [-0.1, -0.05) is 206 Å². The average molecular weight is 889 g/mol. The number of nitrogens with zero attached hydrogens (tertiary/aromatic N) is 2. The van der Waals surface area contributed by atoms with Gasteiger partial charge < -0.3 is 9.64 Å². The summed E-state index contributed by atoms with van der Waals surface area (Å²) in [5, 5.41) is 2.30. The van der Waals surface area contributed by atoms with Crippen LogP contribution in [0.5, 0.6) is 5.75 Å². The molecular formula is C66H52N2O. The molecule has 0 N–H and O–H groups in total. The first kappa shape index (κ1) is 44.1. The van der Waals surface area contributed by atoms with Gasteiger partial charge in [0, 0.05) is 28.0 Å². The molecule has 0 unspecified atom stereocenters. The highest BCUT2D eigenvalue weighted by Gasteiger charge is 2.19. The van der Waals surface area contributed by atoms with Crippen LogP contribution in [0.1, 0.15) is 50.2 Å². The molecule has 0 radical (unpaired) electrons. The van der Waals surface area contributed by atoms with E-state index in [0.29, 0.717) is 0 Å². The van der Waals surface area contributed by atoms with Crippen molar-refractivity contribution in [1.29, 1.82) is 0 Å². The smallest absolute Gasteiger partial charge is 0.118 e. The van der Waals surface area contributed by atoms with Gasteiger partial charge in [-0.15, -0.1) is 0 Å². The van der Waals surface area contributed by atoms with E-state index in [4.69, 9.17) is 9.72 Å². The number of benzene rings is 9. The van der Waals surface area contributed by atoms with Crippen LogP contribution >= 0.6 is 0 Å². The lowest BCUT2D eigenvalue weighted by Gasteiger charge is -2.28. The molecule has 0 aliphatic heterocycles. The molecule has 0 saturated carbocycles. The second-order valence-corrected chi connectivity index (χ2v) is 17.2. The Balaban J connectivity index is 1.11. The maximum absolute atomic E-state index is 5.54. The second kappa shape index (κ2) is 20.4. The van der Waals surface area contributed by atoms with Crippen molar-refractivity contribution in [1.82, 2.24) is 4.98 Å². The maximum Gasteiger partial charge on any atom is 0.118 e. The van der Waals surface area contributed by atoms with E-state index < -0.39 is 0 Å². The molecule has 0 fully saturated rings. The summed E-state index contributed by atoms with van der Waals surface area (Å²) in [5.74, 6) is 0.831. The van der Waals surface area contributed by atoms with Gasteiger partial charge in [0.15, 0.2) is 0 Å². The van der Waals surface area contributed by atoms with E-state index in [1.54, 1.807) is 7.11 Å². The third kappa shape index (κ3) is 9.86. The molecule has 10 rings (SSSR count). The van der Waals surface area contributed by atoms with Crippen molar-refractivity contribution >= 4 is 50.6 Å². The molecule has 1 heterocycles. The summed E-state index contributed by atoms with van der Waals surface area (Å²) >= 11 is 0. The topological polar surface area (TPSA) is 25.4 Å². The quantitative estimate of drug-likeness (QED) is 0.0852. The Morgan fingerprint density at radius 2 is 0.870 bits per heavy atom. The van der Waals surface area contributed by atoms with Gasteiger partial charge in [0.25, 0.3) is 0 Å². The van der Waals surface area contributed by atoms with Gasteiger partial charge in [-0.3, -0.25) is 4.98 Å². The van der Waals surface area contributed by atoms with Gasteiger partial charge in [0.05, 0.1) is 18.5 Å². The van der Waals surface area contributed by atoms with Gasteiger partial charge in [-0.05, 0) is 136 Å². The normalized spacial score (nSPS) is 11.6. The Kier molecular flexibility index (Phi) is 13.0. The molecule has 0 spiro atoms. The van der Waals surface area contributed by atoms with Crippen molar-refractivity contribution in [2.45, 2.75) is 13.8 Å². The summed E-state index contributed by atoms with van der Waals surface area (Å²) in [6, 6.07) is 86.3. The molecule has 10 aromatic rings. The lowest BCUT2D eigenvalue weighted by molar-refractivity contribution is 0.415. The van der Waals surface area contributed by atoms with E-state index in [2.05, 4.69) is 255 Å². The minimum atomic E-state index is 0.831. The summed E-state index contributed by atoms with van der Waals surface area (Å²) in [6.45, 7) is 4.16. The molecule has 0 amide bonds. The lowest BCUT2D eigenvalue weighted by atomic mass is 9.92. The van der Waals surface area contributed by atoms with Gasteiger partial charge in [0.1, 0.15) is 5.75 Å². The predicted octanol–water partition coefficient (Wildman–Crippen LogP) is 17.1. The molecule has 69 heavy (non-hydrogen) atoms. The monoisotopic (exact) mass is 888 g/mol. The van der Waals surface area contributed by atoms with Crippen molar-refractivity contribution in [3.63, 3.8) is 0 Å². The minimum Gasteiger partial charge on any atom is -0.497 e. The highest BCUT2D eigenvalue weighted by molar-refractivity contribution is 6.06. The van der Waals surface area contributed by atoms with Crippen LogP contribution in [-0.4, -0.2) is 12.1 Å². The van der Waals surface area contributed by atoms with E-state index in [1.807, 2.05) is 25.1 Å². The van der Waals surface area contributed by atoms with E-state index >= 15 is 0 Å². The van der Waals surface area contributed by atoms with Crippen LogP contribution < -0.4 is 9.64 Å². The Morgan fingerprint density at radius 3 is 1.41 bits per heavy atom. The lowest BCUT2D eigenvalue weighted by Crippen LogP contribution is -2.11. The first-order chi connectivity index (χ1) is 34.0. The summed E-state index contributed by atoms with van der Waals surface area (Å²) in [7, 11) is 1.71. The highest BCUT2D eigenvalue weighted by Crippen LogP contribution is 2.42. The molecule has 0 aliphatic carbocycles. The zero-order valence-corrected chi connectivity index (χ0v) is 39.1. The summed E-state index contributed by atoms with van der Waals surface area (Å²) in [6.07, 6.45) is 6.86. The minimum absolute atomic E-state index is 0.831. The molecular weight excluding hydrogens is 837 g/mol. The maximum atomic E-state index is 5.54. The summed E-state index contributed by atoms with van der Waals surface area (Å²) < 4.78 is 5.54. The molecule has 0 atom stereocenters. The van der Waals surface area contributed by atoms with Crippen molar-refractivity contribution in [2.75, 3.05) is 12.0 Å². The van der Waals surface area contributed by atoms with Crippen molar-refractivity contribution in [3.05, 3.63) is 305 Å². The number of rotatable bonds is 13. The second-order valence-electron chi connectivity index (χ2n) is 17.2. The third-order valence-electron chi connectivity index (χ3n) is 12.7. The number of pyridine rings is 1. The number of ether oxygens (including phenoxy) is 1. The first-order valence-electron chi connectivity index (χ1n) is 23.5. The molecule has 0 aliphatic rings. The van der Waals surface area contributed by atoms with Crippen LogP contribution in [-0.2, 0) is 0 Å². The van der Waals surface area contributed by atoms with Gasteiger partial charge in [-0.2, -0.15) is 0 Å². The van der Waals surface area contributed by atoms with Gasteiger partial charge in [0.2, 0.25) is 0 Å². The van der Waals surface area contributed by atoms with E-state index in [0.717, 1.165) is 95.1 Å². The fourth-order valence-electron chi connectivity index (χ4n) is 9.06. The number of aromatic nitrogens is 1. The number of anilines is 3. The van der Waals surface area contributed by atoms with E-state index in [9.17, 15) is 0 Å². The number of fused-ring (bicyclic) bond motifs is 1. The molecule has 0 bridgehead atoms. The highest BCUT2D eigenvalue weighted by atomic mass is 16.5. The number of hydrogen-bond donors (Lipinski definition) is 0. The fourth-order valence-corrected chi connectivity index (χ4v) is 9.06. The predicted molar refractivity (Wildman–Crippen MR) is 291 cm³/mol. The molecule has 3 heteroatoms.